The second-order valence-electron chi connectivity index (χ2n) is 7.43. The van der Waals surface area contributed by atoms with E-state index in [1.165, 1.54) is 5.56 Å². The van der Waals surface area contributed by atoms with Crippen LogP contribution < -0.4 is 10.3 Å². The summed E-state index contributed by atoms with van der Waals surface area (Å²) >= 11 is 0. The Morgan fingerprint density at radius 1 is 1.13 bits per heavy atom. The van der Waals surface area contributed by atoms with Crippen molar-refractivity contribution in [3.05, 3.63) is 72.2 Å². The van der Waals surface area contributed by atoms with Crippen LogP contribution in [0.15, 0.2) is 66.2 Å². The molecule has 8 nitrogen and oxygen atoms in total. The van der Waals surface area contributed by atoms with Gasteiger partial charge in [0.2, 0.25) is 0 Å². The molecule has 1 aliphatic heterocycles. The molecule has 8 heteroatoms. The molecular weight excluding hydrogens is 390 g/mol. The van der Waals surface area contributed by atoms with E-state index >= 15 is 0 Å². The van der Waals surface area contributed by atoms with Gasteiger partial charge in [-0.3, -0.25) is 10.4 Å². The molecule has 0 atom stereocenters. The van der Waals surface area contributed by atoms with Gasteiger partial charge in [0, 0.05) is 37.1 Å². The smallest absolute Gasteiger partial charge is 0.177 e. The molecule has 4 aromatic rings. The summed E-state index contributed by atoms with van der Waals surface area (Å²) < 4.78 is 7.33. The second kappa shape index (κ2) is 8.53. The number of aromatic nitrogens is 4. The number of nitrogens with one attached hydrogen (secondary N) is 1. The Bertz CT molecular complexity index is 1210. The molecule has 4 heterocycles. The van der Waals surface area contributed by atoms with Crippen LogP contribution in [0.1, 0.15) is 11.1 Å². The first-order chi connectivity index (χ1) is 15.3. The Balaban J connectivity index is 1.50. The largest absolute Gasteiger partial charge is 0.378 e. The summed E-state index contributed by atoms with van der Waals surface area (Å²) in [4.78, 5) is 11.3. The molecule has 3 aromatic heterocycles. The quantitative estimate of drug-likeness (QED) is 0.399. The normalized spacial score (nSPS) is 14.4. The Morgan fingerprint density at radius 2 is 2.03 bits per heavy atom. The standard InChI is InChI=1S/C23H23N7O/c1-17-4-2-5-18(12-17)14-25-27-22-13-21(29-8-10-31-11-9-29)23-26-20(16-30(23)28-22)19-6-3-7-24-15-19/h2-7,12-16H,8-11H2,1H3,(H,27,28)/b25-14+. The number of hydrogen-bond donors (Lipinski definition) is 1. The molecule has 0 saturated carbocycles. The van der Waals surface area contributed by atoms with Gasteiger partial charge in [0.05, 0.1) is 37.0 Å². The van der Waals surface area contributed by atoms with Crippen LogP contribution in [0.2, 0.25) is 0 Å². The highest BCUT2D eigenvalue weighted by atomic mass is 16.5. The zero-order valence-electron chi connectivity index (χ0n) is 17.3. The molecule has 1 N–H and O–H groups in total. The molecular formula is C23H23N7O. The van der Waals surface area contributed by atoms with Gasteiger partial charge in [0.1, 0.15) is 0 Å². The summed E-state index contributed by atoms with van der Waals surface area (Å²) in [6, 6.07) is 14.1. The minimum atomic E-state index is 0.646. The van der Waals surface area contributed by atoms with Crippen LogP contribution in [0.4, 0.5) is 11.5 Å². The number of benzene rings is 1. The van der Waals surface area contributed by atoms with Crippen molar-refractivity contribution in [1.29, 1.82) is 0 Å². The number of morpholine rings is 1. The lowest BCUT2D eigenvalue weighted by atomic mass is 10.2. The van der Waals surface area contributed by atoms with E-state index in [0.29, 0.717) is 19.0 Å². The number of imidazole rings is 1. The number of rotatable bonds is 5. The summed E-state index contributed by atoms with van der Waals surface area (Å²) in [6.07, 6.45) is 7.28. The van der Waals surface area contributed by atoms with Crippen molar-refractivity contribution in [3.63, 3.8) is 0 Å². The molecule has 0 unspecified atom stereocenters. The van der Waals surface area contributed by atoms with E-state index in [1.807, 2.05) is 42.7 Å². The fourth-order valence-corrected chi connectivity index (χ4v) is 3.63. The predicted molar refractivity (Wildman–Crippen MR) is 122 cm³/mol. The molecule has 31 heavy (non-hydrogen) atoms. The number of anilines is 2. The van der Waals surface area contributed by atoms with E-state index in [-0.39, 0.29) is 0 Å². The van der Waals surface area contributed by atoms with E-state index in [1.54, 1.807) is 16.9 Å². The number of fused-ring (bicyclic) bond motifs is 1. The first kappa shape index (κ1) is 19.2. The molecule has 1 aliphatic rings. The van der Waals surface area contributed by atoms with Gasteiger partial charge < -0.3 is 9.64 Å². The van der Waals surface area contributed by atoms with Gasteiger partial charge in [-0.25, -0.2) is 9.50 Å². The Labute approximate surface area is 180 Å². The molecule has 5 rings (SSSR count). The van der Waals surface area contributed by atoms with Crippen LogP contribution >= 0.6 is 0 Å². The topological polar surface area (TPSA) is 79.9 Å². The molecule has 0 radical (unpaired) electrons. The second-order valence-corrected chi connectivity index (χ2v) is 7.43. The van der Waals surface area contributed by atoms with Crippen molar-refractivity contribution >= 4 is 23.4 Å². The van der Waals surface area contributed by atoms with E-state index in [9.17, 15) is 0 Å². The van der Waals surface area contributed by atoms with Crippen LogP contribution in [-0.4, -0.2) is 52.1 Å². The highest BCUT2D eigenvalue weighted by molar-refractivity contribution is 5.81. The number of hydrazone groups is 1. The van der Waals surface area contributed by atoms with Crippen molar-refractivity contribution in [2.45, 2.75) is 6.92 Å². The van der Waals surface area contributed by atoms with E-state index < -0.39 is 0 Å². The van der Waals surface area contributed by atoms with E-state index in [2.05, 4.69) is 44.6 Å². The fourth-order valence-electron chi connectivity index (χ4n) is 3.63. The first-order valence-corrected chi connectivity index (χ1v) is 10.3. The number of nitrogens with zero attached hydrogens (tertiary/aromatic N) is 6. The molecule has 0 amide bonds. The van der Waals surface area contributed by atoms with Crippen molar-refractivity contribution in [1.82, 2.24) is 19.6 Å². The van der Waals surface area contributed by atoms with Gasteiger partial charge in [0.15, 0.2) is 11.5 Å². The number of pyridine rings is 1. The Hall–Kier alpha value is -3.78. The van der Waals surface area contributed by atoms with E-state index in [0.717, 1.165) is 41.2 Å². The highest BCUT2D eigenvalue weighted by Gasteiger charge is 2.18. The van der Waals surface area contributed by atoms with Gasteiger partial charge in [-0.2, -0.15) is 5.10 Å². The Morgan fingerprint density at radius 3 is 2.84 bits per heavy atom. The van der Waals surface area contributed by atoms with Crippen LogP contribution in [-0.2, 0) is 4.74 Å². The lowest BCUT2D eigenvalue weighted by Crippen LogP contribution is -2.36. The molecule has 1 saturated heterocycles. The number of aryl methyl sites for hydroxylation is 1. The predicted octanol–water partition coefficient (Wildman–Crippen LogP) is 3.38. The summed E-state index contributed by atoms with van der Waals surface area (Å²) in [6.45, 7) is 5.06. The first-order valence-electron chi connectivity index (χ1n) is 10.3. The maximum atomic E-state index is 5.53. The van der Waals surface area contributed by atoms with Crippen LogP contribution in [0.5, 0.6) is 0 Å². The Kier molecular flexibility index (Phi) is 5.28. The molecule has 1 aromatic carbocycles. The van der Waals surface area contributed by atoms with Crippen molar-refractivity contribution < 1.29 is 4.74 Å². The van der Waals surface area contributed by atoms with Crippen molar-refractivity contribution in [3.8, 4) is 11.3 Å². The van der Waals surface area contributed by atoms with Gasteiger partial charge in [-0.05, 0) is 24.6 Å². The number of hydrogen-bond acceptors (Lipinski definition) is 7. The molecule has 1 fully saturated rings. The minimum Gasteiger partial charge on any atom is -0.378 e. The third kappa shape index (κ3) is 4.24. The molecule has 0 bridgehead atoms. The lowest BCUT2D eigenvalue weighted by molar-refractivity contribution is 0.123. The molecule has 0 aliphatic carbocycles. The summed E-state index contributed by atoms with van der Waals surface area (Å²) in [5.74, 6) is 0.646. The molecule has 156 valence electrons. The van der Waals surface area contributed by atoms with Crippen LogP contribution in [0, 0.1) is 6.92 Å². The van der Waals surface area contributed by atoms with E-state index in [4.69, 9.17) is 9.72 Å². The average molecular weight is 413 g/mol. The maximum absolute atomic E-state index is 5.53. The van der Waals surface area contributed by atoms with Crippen LogP contribution in [0.25, 0.3) is 16.9 Å². The molecule has 0 spiro atoms. The van der Waals surface area contributed by atoms with Gasteiger partial charge in [-0.1, -0.05) is 29.8 Å². The number of ether oxygens (including phenoxy) is 1. The fraction of sp³-hybridized carbons (Fsp3) is 0.217. The van der Waals surface area contributed by atoms with Gasteiger partial charge in [0.25, 0.3) is 0 Å². The summed E-state index contributed by atoms with van der Waals surface area (Å²) in [5, 5.41) is 9.06. The zero-order chi connectivity index (χ0) is 21.0. The lowest BCUT2D eigenvalue weighted by Gasteiger charge is -2.29. The van der Waals surface area contributed by atoms with Crippen LogP contribution in [0.3, 0.4) is 0 Å². The highest BCUT2D eigenvalue weighted by Crippen LogP contribution is 2.27. The van der Waals surface area contributed by atoms with Gasteiger partial charge >= 0.3 is 0 Å². The maximum Gasteiger partial charge on any atom is 0.177 e. The minimum absolute atomic E-state index is 0.646. The summed E-state index contributed by atoms with van der Waals surface area (Å²) in [5.41, 5.74) is 8.88. The third-order valence-corrected chi connectivity index (χ3v) is 5.15. The average Bonchev–Trinajstić information content (AvgIpc) is 3.24. The third-order valence-electron chi connectivity index (χ3n) is 5.15. The SMILES string of the molecule is Cc1cccc(/C=N/Nc2cc(N3CCOCC3)c3nc(-c4cccnc4)cn3n2)c1. The van der Waals surface area contributed by atoms with Gasteiger partial charge in [-0.15, -0.1) is 5.10 Å². The van der Waals surface area contributed by atoms with Crippen molar-refractivity contribution in [2.75, 3.05) is 36.6 Å². The van der Waals surface area contributed by atoms with Crippen molar-refractivity contribution in [2.24, 2.45) is 5.10 Å². The monoisotopic (exact) mass is 413 g/mol. The summed E-state index contributed by atoms with van der Waals surface area (Å²) in [7, 11) is 0. The zero-order valence-corrected chi connectivity index (χ0v) is 17.3.